The highest BCUT2D eigenvalue weighted by molar-refractivity contribution is 7.85. The van der Waals surface area contributed by atoms with E-state index in [4.69, 9.17) is 22.1 Å². The third kappa shape index (κ3) is 2.97. The molecule has 0 bridgehead atoms. The minimum absolute atomic E-state index is 0.444. The molecule has 3 nitrogen and oxygen atoms in total. The Hall–Kier alpha value is -0.580. The molecule has 0 spiro atoms. The highest BCUT2D eigenvalue weighted by Crippen LogP contribution is 2.22. The van der Waals surface area contributed by atoms with Gasteiger partial charge in [-0.25, -0.2) is 0 Å². The molecule has 0 saturated heterocycles. The molecule has 0 aliphatic rings. The van der Waals surface area contributed by atoms with Crippen molar-refractivity contribution in [2.75, 3.05) is 25.2 Å². The van der Waals surface area contributed by atoms with Crippen LogP contribution in [0.4, 0.5) is 5.69 Å². The Morgan fingerprint density at radius 3 is 2.86 bits per heavy atom. The van der Waals surface area contributed by atoms with Gasteiger partial charge in [0, 0.05) is 12.8 Å². The summed E-state index contributed by atoms with van der Waals surface area (Å²) >= 11 is 5.89. The molecule has 0 aliphatic carbocycles. The molecule has 14 heavy (non-hydrogen) atoms. The third-order valence-corrected chi connectivity index (χ3v) is 3.48. The zero-order valence-corrected chi connectivity index (χ0v) is 9.40. The summed E-state index contributed by atoms with van der Waals surface area (Å²) in [7, 11) is 0.456. The molecule has 0 saturated carbocycles. The van der Waals surface area contributed by atoms with Crippen LogP contribution in [0.25, 0.3) is 0 Å². The Balaban J connectivity index is 2.80. The summed E-state index contributed by atoms with van der Waals surface area (Å²) < 4.78 is 16.5. The fraction of sp³-hybridized carbons (Fsp3) is 0.333. The van der Waals surface area contributed by atoms with E-state index in [0.29, 0.717) is 28.0 Å². The van der Waals surface area contributed by atoms with Gasteiger partial charge in [-0.05, 0) is 18.2 Å². The summed E-state index contributed by atoms with van der Waals surface area (Å²) in [6, 6.07) is 4.97. The molecule has 0 fully saturated rings. The topological polar surface area (TPSA) is 52.3 Å². The average molecular weight is 234 g/mol. The van der Waals surface area contributed by atoms with Crippen molar-refractivity contribution in [3.05, 3.63) is 23.2 Å². The monoisotopic (exact) mass is 233 g/mol. The lowest BCUT2D eigenvalue weighted by atomic mass is 10.3. The number of halogens is 1. The lowest BCUT2D eigenvalue weighted by molar-refractivity contribution is 0.218. The Labute approximate surface area is 90.7 Å². The summed E-state index contributed by atoms with van der Waals surface area (Å²) in [5, 5.41) is 0.444. The maximum Gasteiger partial charge on any atom is 0.0587 e. The minimum atomic E-state index is -1.12. The number of hydrogen-bond donors (Lipinski definition) is 1. The molecule has 1 atom stereocenters. The number of anilines is 1. The molecule has 0 aliphatic heterocycles. The number of nitrogen functional groups attached to an aromatic ring is 1. The van der Waals surface area contributed by atoms with E-state index in [9.17, 15) is 4.21 Å². The summed E-state index contributed by atoms with van der Waals surface area (Å²) in [6.45, 7) is 0.452. The van der Waals surface area contributed by atoms with Crippen molar-refractivity contribution < 1.29 is 8.95 Å². The molecule has 0 heterocycles. The van der Waals surface area contributed by atoms with Gasteiger partial charge in [0.2, 0.25) is 0 Å². The second-order valence-corrected chi connectivity index (χ2v) is 4.68. The van der Waals surface area contributed by atoms with Crippen LogP contribution in [0, 0.1) is 0 Å². The summed E-state index contributed by atoms with van der Waals surface area (Å²) in [5.74, 6) is 0.445. The first-order valence-electron chi connectivity index (χ1n) is 4.07. The van der Waals surface area contributed by atoms with Crippen LogP contribution >= 0.6 is 11.6 Å². The average Bonchev–Trinajstić information content (AvgIpc) is 2.14. The SMILES string of the molecule is COCCS(=O)c1ccc(N)cc1Cl. The summed E-state index contributed by atoms with van der Waals surface area (Å²) in [5.41, 5.74) is 6.09. The minimum Gasteiger partial charge on any atom is -0.399 e. The number of ether oxygens (including phenoxy) is 1. The highest BCUT2D eigenvalue weighted by Gasteiger charge is 2.08. The lowest BCUT2D eigenvalue weighted by Gasteiger charge is -2.04. The Morgan fingerprint density at radius 2 is 2.29 bits per heavy atom. The van der Waals surface area contributed by atoms with Crippen LogP contribution in [0.5, 0.6) is 0 Å². The van der Waals surface area contributed by atoms with Crippen molar-refractivity contribution >= 4 is 28.1 Å². The number of rotatable bonds is 4. The first kappa shape index (κ1) is 11.5. The fourth-order valence-corrected chi connectivity index (χ4v) is 2.45. The van der Waals surface area contributed by atoms with Crippen LogP contribution in [-0.4, -0.2) is 23.7 Å². The normalized spacial score (nSPS) is 12.7. The predicted molar refractivity (Wildman–Crippen MR) is 59.0 cm³/mol. The van der Waals surface area contributed by atoms with E-state index in [2.05, 4.69) is 0 Å². The predicted octanol–water partition coefficient (Wildman–Crippen LogP) is 1.68. The van der Waals surface area contributed by atoms with Crippen molar-refractivity contribution in [3.63, 3.8) is 0 Å². The Kier molecular flexibility index (Phi) is 4.38. The number of methoxy groups -OCH3 is 1. The zero-order valence-electron chi connectivity index (χ0n) is 7.83. The Bertz CT molecular complexity index is 344. The molecule has 0 aromatic heterocycles. The maximum absolute atomic E-state index is 11.6. The smallest absolute Gasteiger partial charge is 0.0587 e. The second-order valence-electron chi connectivity index (χ2n) is 2.73. The number of nitrogens with two attached hydrogens (primary N) is 1. The van der Waals surface area contributed by atoms with E-state index in [1.807, 2.05) is 0 Å². The molecule has 2 N–H and O–H groups in total. The Morgan fingerprint density at radius 1 is 1.57 bits per heavy atom. The first-order valence-corrected chi connectivity index (χ1v) is 5.77. The standard InChI is InChI=1S/C9H12ClNO2S/c1-13-4-5-14(12)9-3-2-7(11)6-8(9)10/h2-3,6H,4-5,11H2,1H3. The quantitative estimate of drug-likeness (QED) is 0.805. The van der Waals surface area contributed by atoms with Crippen LogP contribution in [0.15, 0.2) is 23.1 Å². The van der Waals surface area contributed by atoms with Gasteiger partial charge < -0.3 is 10.5 Å². The molecule has 1 rings (SSSR count). The van der Waals surface area contributed by atoms with Crippen molar-refractivity contribution in [1.29, 1.82) is 0 Å². The molecule has 0 amide bonds. The van der Waals surface area contributed by atoms with Gasteiger partial charge in [-0.3, -0.25) is 4.21 Å². The van der Waals surface area contributed by atoms with Crippen molar-refractivity contribution in [1.82, 2.24) is 0 Å². The van der Waals surface area contributed by atoms with Gasteiger partial charge >= 0.3 is 0 Å². The van der Waals surface area contributed by atoms with Crippen molar-refractivity contribution in [2.24, 2.45) is 0 Å². The van der Waals surface area contributed by atoms with Crippen LogP contribution in [-0.2, 0) is 15.5 Å². The summed E-state index contributed by atoms with van der Waals surface area (Å²) in [6.07, 6.45) is 0. The van der Waals surface area contributed by atoms with Crippen molar-refractivity contribution in [3.8, 4) is 0 Å². The van der Waals surface area contributed by atoms with E-state index in [0.717, 1.165) is 0 Å². The number of benzene rings is 1. The maximum atomic E-state index is 11.6. The van der Waals surface area contributed by atoms with E-state index >= 15 is 0 Å². The first-order chi connectivity index (χ1) is 6.65. The molecule has 0 radical (unpaired) electrons. The molecule has 1 aromatic rings. The van der Waals surface area contributed by atoms with Crippen LogP contribution in [0.1, 0.15) is 0 Å². The number of hydrogen-bond acceptors (Lipinski definition) is 3. The van der Waals surface area contributed by atoms with Gasteiger partial charge in [0.15, 0.2) is 0 Å². The van der Waals surface area contributed by atoms with Gasteiger partial charge in [-0.15, -0.1) is 0 Å². The van der Waals surface area contributed by atoms with Gasteiger partial charge in [0.1, 0.15) is 0 Å². The molecule has 1 aromatic carbocycles. The van der Waals surface area contributed by atoms with Gasteiger partial charge in [-0.2, -0.15) is 0 Å². The van der Waals surface area contributed by atoms with E-state index in [1.165, 1.54) is 0 Å². The fourth-order valence-electron chi connectivity index (χ4n) is 0.971. The van der Waals surface area contributed by atoms with Crippen LogP contribution in [0.2, 0.25) is 5.02 Å². The van der Waals surface area contributed by atoms with E-state index in [1.54, 1.807) is 25.3 Å². The summed E-state index contributed by atoms with van der Waals surface area (Å²) in [4.78, 5) is 0.609. The van der Waals surface area contributed by atoms with Gasteiger partial charge in [0.05, 0.1) is 33.1 Å². The molecule has 78 valence electrons. The van der Waals surface area contributed by atoms with Crippen molar-refractivity contribution in [2.45, 2.75) is 4.90 Å². The zero-order chi connectivity index (χ0) is 10.6. The second kappa shape index (κ2) is 5.34. The lowest BCUT2D eigenvalue weighted by Crippen LogP contribution is -2.05. The van der Waals surface area contributed by atoms with E-state index < -0.39 is 10.8 Å². The van der Waals surface area contributed by atoms with Gasteiger partial charge in [-0.1, -0.05) is 11.6 Å². The third-order valence-electron chi connectivity index (χ3n) is 1.67. The van der Waals surface area contributed by atoms with E-state index in [-0.39, 0.29) is 0 Å². The highest BCUT2D eigenvalue weighted by atomic mass is 35.5. The molecule has 5 heteroatoms. The van der Waals surface area contributed by atoms with Crippen LogP contribution < -0.4 is 5.73 Å². The molecular formula is C9H12ClNO2S. The van der Waals surface area contributed by atoms with Crippen LogP contribution in [0.3, 0.4) is 0 Å². The molecular weight excluding hydrogens is 222 g/mol. The molecule has 1 unspecified atom stereocenters. The van der Waals surface area contributed by atoms with Gasteiger partial charge in [0.25, 0.3) is 0 Å². The largest absolute Gasteiger partial charge is 0.399 e.